The average Bonchev–Trinajstić information content (AvgIpc) is 2.76. The molecule has 2 aromatic rings. The summed E-state index contributed by atoms with van der Waals surface area (Å²) in [6, 6.07) is 7.30. The van der Waals surface area contributed by atoms with Crippen LogP contribution in [-0.2, 0) is 13.1 Å². The van der Waals surface area contributed by atoms with E-state index in [1.54, 1.807) is 12.3 Å². The fourth-order valence-electron chi connectivity index (χ4n) is 1.49. The van der Waals surface area contributed by atoms with E-state index in [0.717, 1.165) is 17.8 Å². The summed E-state index contributed by atoms with van der Waals surface area (Å²) in [4.78, 5) is 0. The van der Waals surface area contributed by atoms with Crippen LogP contribution in [0.1, 0.15) is 12.5 Å². The molecule has 0 aliphatic rings. The van der Waals surface area contributed by atoms with E-state index in [0.29, 0.717) is 12.3 Å². The molecule has 0 radical (unpaired) electrons. The second kappa shape index (κ2) is 4.70. The first-order chi connectivity index (χ1) is 7.79. The number of phenols is 1. The van der Waals surface area contributed by atoms with Gasteiger partial charge in [-0.15, -0.1) is 0 Å². The normalized spacial score (nSPS) is 10.3. The van der Waals surface area contributed by atoms with Crippen LogP contribution >= 0.6 is 0 Å². The van der Waals surface area contributed by atoms with Crippen LogP contribution < -0.4 is 5.32 Å². The van der Waals surface area contributed by atoms with Crippen LogP contribution in [0.5, 0.6) is 5.75 Å². The molecule has 4 heteroatoms. The first-order valence-corrected chi connectivity index (χ1v) is 5.33. The standard InChI is InChI=1S/C12H15N3O/c1-2-15-9-11(8-14-15)13-7-10-5-3-4-6-12(10)16/h3-6,8-9,13,16H,2,7H2,1H3. The van der Waals surface area contributed by atoms with E-state index in [9.17, 15) is 5.11 Å². The molecule has 0 fully saturated rings. The monoisotopic (exact) mass is 217 g/mol. The number of nitrogens with zero attached hydrogens (tertiary/aromatic N) is 2. The lowest BCUT2D eigenvalue weighted by Crippen LogP contribution is -1.98. The number of hydrogen-bond acceptors (Lipinski definition) is 3. The number of para-hydroxylation sites is 1. The largest absolute Gasteiger partial charge is 0.508 e. The molecule has 1 aromatic carbocycles. The maximum absolute atomic E-state index is 9.58. The smallest absolute Gasteiger partial charge is 0.120 e. The van der Waals surface area contributed by atoms with Crippen molar-refractivity contribution in [1.82, 2.24) is 9.78 Å². The highest BCUT2D eigenvalue weighted by Crippen LogP contribution is 2.17. The molecule has 0 unspecified atom stereocenters. The minimum absolute atomic E-state index is 0.317. The van der Waals surface area contributed by atoms with E-state index in [1.807, 2.05) is 36.0 Å². The van der Waals surface area contributed by atoms with Crippen molar-refractivity contribution < 1.29 is 5.11 Å². The number of aromatic nitrogens is 2. The number of hydrogen-bond donors (Lipinski definition) is 2. The third-order valence-electron chi connectivity index (χ3n) is 2.43. The Morgan fingerprint density at radius 3 is 2.88 bits per heavy atom. The van der Waals surface area contributed by atoms with E-state index < -0.39 is 0 Å². The topological polar surface area (TPSA) is 50.1 Å². The first kappa shape index (κ1) is 10.5. The maximum atomic E-state index is 9.58. The quantitative estimate of drug-likeness (QED) is 0.825. The van der Waals surface area contributed by atoms with E-state index in [-0.39, 0.29) is 0 Å². The second-order valence-corrected chi connectivity index (χ2v) is 3.57. The van der Waals surface area contributed by atoms with Crippen molar-refractivity contribution in [2.75, 3.05) is 5.32 Å². The number of aromatic hydroxyl groups is 1. The number of nitrogens with one attached hydrogen (secondary N) is 1. The van der Waals surface area contributed by atoms with Crippen LogP contribution in [0.2, 0.25) is 0 Å². The van der Waals surface area contributed by atoms with Crippen molar-refractivity contribution in [1.29, 1.82) is 0 Å². The van der Waals surface area contributed by atoms with E-state index in [1.165, 1.54) is 0 Å². The zero-order chi connectivity index (χ0) is 11.4. The molecule has 2 rings (SSSR count). The molecule has 0 spiro atoms. The van der Waals surface area contributed by atoms with E-state index in [2.05, 4.69) is 10.4 Å². The maximum Gasteiger partial charge on any atom is 0.120 e. The van der Waals surface area contributed by atoms with Crippen LogP contribution in [0, 0.1) is 0 Å². The fourth-order valence-corrected chi connectivity index (χ4v) is 1.49. The Bertz CT molecular complexity index is 465. The van der Waals surface area contributed by atoms with Gasteiger partial charge in [0.2, 0.25) is 0 Å². The van der Waals surface area contributed by atoms with Gasteiger partial charge in [-0.2, -0.15) is 5.10 Å². The molecule has 0 atom stereocenters. The number of benzene rings is 1. The molecule has 2 N–H and O–H groups in total. The van der Waals surface area contributed by atoms with Crippen LogP contribution in [0.25, 0.3) is 0 Å². The summed E-state index contributed by atoms with van der Waals surface area (Å²) in [6.45, 7) is 3.50. The molecular formula is C12H15N3O. The molecule has 1 heterocycles. The van der Waals surface area contributed by atoms with Crippen molar-refractivity contribution in [3.63, 3.8) is 0 Å². The Morgan fingerprint density at radius 1 is 1.38 bits per heavy atom. The summed E-state index contributed by atoms with van der Waals surface area (Å²) in [5.74, 6) is 0.317. The summed E-state index contributed by atoms with van der Waals surface area (Å²) in [6.07, 6.45) is 3.73. The summed E-state index contributed by atoms with van der Waals surface area (Å²) in [5.41, 5.74) is 1.84. The molecule has 4 nitrogen and oxygen atoms in total. The number of aryl methyl sites for hydroxylation is 1. The molecule has 0 aliphatic carbocycles. The summed E-state index contributed by atoms with van der Waals surface area (Å²) in [7, 11) is 0. The number of anilines is 1. The minimum Gasteiger partial charge on any atom is -0.508 e. The highest BCUT2D eigenvalue weighted by Gasteiger charge is 2.00. The van der Waals surface area contributed by atoms with Gasteiger partial charge in [-0.1, -0.05) is 18.2 Å². The zero-order valence-corrected chi connectivity index (χ0v) is 9.22. The lowest BCUT2D eigenvalue weighted by Gasteiger charge is -2.05. The molecule has 0 saturated carbocycles. The van der Waals surface area contributed by atoms with E-state index in [4.69, 9.17) is 0 Å². The van der Waals surface area contributed by atoms with Gasteiger partial charge in [0, 0.05) is 24.8 Å². The molecule has 16 heavy (non-hydrogen) atoms. The third-order valence-corrected chi connectivity index (χ3v) is 2.43. The molecule has 0 saturated heterocycles. The van der Waals surface area contributed by atoms with Gasteiger partial charge in [0.15, 0.2) is 0 Å². The van der Waals surface area contributed by atoms with Gasteiger partial charge in [0.05, 0.1) is 11.9 Å². The van der Waals surface area contributed by atoms with Gasteiger partial charge >= 0.3 is 0 Å². The second-order valence-electron chi connectivity index (χ2n) is 3.57. The fraction of sp³-hybridized carbons (Fsp3) is 0.250. The average molecular weight is 217 g/mol. The molecule has 84 valence electrons. The third kappa shape index (κ3) is 2.34. The van der Waals surface area contributed by atoms with E-state index >= 15 is 0 Å². The highest BCUT2D eigenvalue weighted by atomic mass is 16.3. The molecule has 0 aliphatic heterocycles. The van der Waals surface area contributed by atoms with Gasteiger partial charge in [-0.25, -0.2) is 0 Å². The predicted octanol–water partition coefficient (Wildman–Crippen LogP) is 2.22. The van der Waals surface area contributed by atoms with Crippen LogP contribution in [0.3, 0.4) is 0 Å². The Kier molecular flexibility index (Phi) is 3.10. The van der Waals surface area contributed by atoms with Gasteiger partial charge in [-0.05, 0) is 13.0 Å². The number of phenolic OH excluding ortho intramolecular Hbond substituents is 1. The molecule has 0 bridgehead atoms. The van der Waals surface area contributed by atoms with Crippen LogP contribution in [0.4, 0.5) is 5.69 Å². The molecular weight excluding hydrogens is 202 g/mol. The van der Waals surface area contributed by atoms with Gasteiger partial charge in [-0.3, -0.25) is 4.68 Å². The van der Waals surface area contributed by atoms with Crippen molar-refractivity contribution in [2.45, 2.75) is 20.0 Å². The highest BCUT2D eigenvalue weighted by molar-refractivity contribution is 5.41. The van der Waals surface area contributed by atoms with Gasteiger partial charge in [0.1, 0.15) is 5.75 Å². The zero-order valence-electron chi connectivity index (χ0n) is 9.22. The van der Waals surface area contributed by atoms with Crippen LogP contribution in [-0.4, -0.2) is 14.9 Å². The minimum atomic E-state index is 0.317. The Hall–Kier alpha value is -1.97. The van der Waals surface area contributed by atoms with Gasteiger partial charge < -0.3 is 10.4 Å². The first-order valence-electron chi connectivity index (χ1n) is 5.33. The van der Waals surface area contributed by atoms with Gasteiger partial charge in [0.25, 0.3) is 0 Å². The lowest BCUT2D eigenvalue weighted by atomic mass is 10.2. The number of rotatable bonds is 4. The van der Waals surface area contributed by atoms with Crippen molar-refractivity contribution in [3.8, 4) is 5.75 Å². The Balaban J connectivity index is 1.99. The summed E-state index contributed by atoms with van der Waals surface area (Å²) in [5, 5.41) is 17.0. The van der Waals surface area contributed by atoms with Crippen molar-refractivity contribution in [2.24, 2.45) is 0 Å². The van der Waals surface area contributed by atoms with Crippen LogP contribution in [0.15, 0.2) is 36.7 Å². The lowest BCUT2D eigenvalue weighted by molar-refractivity contribution is 0.469. The predicted molar refractivity (Wildman–Crippen MR) is 63.3 cm³/mol. The molecule has 0 amide bonds. The molecule has 1 aromatic heterocycles. The van der Waals surface area contributed by atoms with Crippen molar-refractivity contribution in [3.05, 3.63) is 42.2 Å². The Morgan fingerprint density at radius 2 is 2.19 bits per heavy atom. The SMILES string of the molecule is CCn1cc(NCc2ccccc2O)cn1. The van der Waals surface area contributed by atoms with Crippen molar-refractivity contribution >= 4 is 5.69 Å². The summed E-state index contributed by atoms with van der Waals surface area (Å²) >= 11 is 0. The Labute approximate surface area is 94.5 Å². The summed E-state index contributed by atoms with van der Waals surface area (Å²) < 4.78 is 1.85.